The van der Waals surface area contributed by atoms with E-state index >= 15 is 0 Å². The van der Waals surface area contributed by atoms with Crippen LogP contribution < -0.4 is 10.6 Å². The van der Waals surface area contributed by atoms with Gasteiger partial charge in [0, 0.05) is 18.5 Å². The topological polar surface area (TPSA) is 41.1 Å². The molecule has 0 spiro atoms. The molecule has 3 heteroatoms. The third-order valence-electron chi connectivity index (χ3n) is 4.23. The molecule has 1 unspecified atom stereocenters. The summed E-state index contributed by atoms with van der Waals surface area (Å²) in [7, 11) is 0. The summed E-state index contributed by atoms with van der Waals surface area (Å²) in [4.78, 5) is 12.2. The van der Waals surface area contributed by atoms with E-state index in [1.165, 1.54) is 19.3 Å². The molecule has 1 aliphatic heterocycles. The lowest BCUT2D eigenvalue weighted by Crippen LogP contribution is -2.45. The van der Waals surface area contributed by atoms with Gasteiger partial charge in [0.05, 0.1) is 0 Å². The lowest BCUT2D eigenvalue weighted by Gasteiger charge is -2.38. The molecule has 2 atom stereocenters. The van der Waals surface area contributed by atoms with Crippen molar-refractivity contribution >= 4 is 5.91 Å². The summed E-state index contributed by atoms with van der Waals surface area (Å²) in [6, 6.07) is 0.366. The van der Waals surface area contributed by atoms with Gasteiger partial charge in [-0.15, -0.1) is 0 Å². The van der Waals surface area contributed by atoms with Crippen LogP contribution >= 0.6 is 0 Å². The molecule has 0 aromatic carbocycles. The van der Waals surface area contributed by atoms with Gasteiger partial charge in [-0.3, -0.25) is 4.79 Å². The Bertz CT molecular complexity index is 257. The second-order valence-corrected chi connectivity index (χ2v) is 5.99. The van der Waals surface area contributed by atoms with Crippen LogP contribution in [0.25, 0.3) is 0 Å². The highest BCUT2D eigenvalue weighted by atomic mass is 16.2. The fourth-order valence-corrected chi connectivity index (χ4v) is 3.06. The van der Waals surface area contributed by atoms with Gasteiger partial charge < -0.3 is 10.6 Å². The third kappa shape index (κ3) is 2.57. The smallest absolute Gasteiger partial charge is 0.223 e. The van der Waals surface area contributed by atoms with E-state index in [0.717, 1.165) is 25.9 Å². The molecule has 1 aliphatic carbocycles. The molecule has 2 aliphatic rings. The Labute approximate surface area is 98.4 Å². The molecule has 2 fully saturated rings. The molecule has 1 amide bonds. The number of hydrogen-bond acceptors (Lipinski definition) is 2. The maximum atomic E-state index is 12.2. The van der Waals surface area contributed by atoms with Crippen molar-refractivity contribution in [3.63, 3.8) is 0 Å². The number of rotatable bonds is 2. The van der Waals surface area contributed by atoms with E-state index in [1.54, 1.807) is 0 Å². The molecule has 0 bridgehead atoms. The van der Waals surface area contributed by atoms with Crippen molar-refractivity contribution in [3.05, 3.63) is 0 Å². The van der Waals surface area contributed by atoms with Gasteiger partial charge in [-0.2, -0.15) is 0 Å². The van der Waals surface area contributed by atoms with E-state index in [9.17, 15) is 4.79 Å². The lowest BCUT2D eigenvalue weighted by atomic mass is 9.68. The Balaban J connectivity index is 1.91. The van der Waals surface area contributed by atoms with Crippen LogP contribution in [0.4, 0.5) is 0 Å². The zero-order chi connectivity index (χ0) is 11.6. The SMILES string of the molecule is CC1(C)CCCCC1C(=O)N[C@@H]1CCNC1. The van der Waals surface area contributed by atoms with Gasteiger partial charge >= 0.3 is 0 Å². The normalized spacial score (nSPS) is 33.6. The van der Waals surface area contributed by atoms with Gasteiger partial charge in [0.2, 0.25) is 5.91 Å². The third-order valence-corrected chi connectivity index (χ3v) is 4.23. The van der Waals surface area contributed by atoms with E-state index in [0.29, 0.717) is 11.9 Å². The van der Waals surface area contributed by atoms with Crippen LogP contribution in [0, 0.1) is 11.3 Å². The van der Waals surface area contributed by atoms with Crippen molar-refractivity contribution in [2.45, 2.75) is 52.0 Å². The summed E-state index contributed by atoms with van der Waals surface area (Å²) in [5, 5.41) is 6.49. The Hall–Kier alpha value is -0.570. The van der Waals surface area contributed by atoms with Crippen LogP contribution in [0.5, 0.6) is 0 Å². The van der Waals surface area contributed by atoms with Crippen LogP contribution in [-0.4, -0.2) is 25.0 Å². The van der Waals surface area contributed by atoms with Crippen molar-refractivity contribution in [1.29, 1.82) is 0 Å². The molecule has 1 saturated carbocycles. The van der Waals surface area contributed by atoms with Gasteiger partial charge in [-0.1, -0.05) is 26.7 Å². The van der Waals surface area contributed by atoms with E-state index in [1.807, 2.05) is 0 Å². The molecule has 16 heavy (non-hydrogen) atoms. The highest BCUT2D eigenvalue weighted by molar-refractivity contribution is 5.79. The standard InChI is InChI=1S/C13H24N2O/c1-13(2)7-4-3-5-11(13)12(16)15-10-6-8-14-9-10/h10-11,14H,3-9H2,1-2H3,(H,15,16)/t10-,11?/m1/s1. The minimum absolute atomic E-state index is 0.189. The fourth-order valence-electron chi connectivity index (χ4n) is 3.06. The highest BCUT2D eigenvalue weighted by Gasteiger charge is 2.37. The van der Waals surface area contributed by atoms with Crippen molar-refractivity contribution in [1.82, 2.24) is 10.6 Å². The second kappa shape index (κ2) is 4.74. The molecule has 2 N–H and O–H groups in total. The molecule has 2 rings (SSSR count). The Kier molecular flexibility index (Phi) is 3.53. The zero-order valence-electron chi connectivity index (χ0n) is 10.5. The first-order chi connectivity index (χ1) is 7.59. The van der Waals surface area contributed by atoms with Crippen molar-refractivity contribution < 1.29 is 4.79 Å². The predicted molar refractivity (Wildman–Crippen MR) is 65.2 cm³/mol. The Morgan fingerprint density at radius 3 is 2.75 bits per heavy atom. The van der Waals surface area contributed by atoms with Crippen LogP contribution in [0.3, 0.4) is 0 Å². The van der Waals surface area contributed by atoms with Crippen LogP contribution in [0.1, 0.15) is 46.0 Å². The van der Waals surface area contributed by atoms with Crippen LogP contribution in [0.15, 0.2) is 0 Å². The van der Waals surface area contributed by atoms with Crippen LogP contribution in [0.2, 0.25) is 0 Å². The molecule has 0 radical (unpaired) electrons. The summed E-state index contributed by atoms with van der Waals surface area (Å²) in [6.45, 7) is 6.46. The number of hydrogen-bond donors (Lipinski definition) is 2. The number of carbonyl (C=O) groups excluding carboxylic acids is 1. The summed E-state index contributed by atoms with van der Waals surface area (Å²) in [5.74, 6) is 0.514. The minimum atomic E-state index is 0.189. The van der Waals surface area contributed by atoms with Gasteiger partial charge in [-0.25, -0.2) is 0 Å². The fraction of sp³-hybridized carbons (Fsp3) is 0.923. The highest BCUT2D eigenvalue weighted by Crippen LogP contribution is 2.40. The van der Waals surface area contributed by atoms with Crippen molar-refractivity contribution in [2.75, 3.05) is 13.1 Å². The summed E-state index contributed by atoms with van der Waals surface area (Å²) in [6.07, 6.45) is 5.83. The molecular weight excluding hydrogens is 200 g/mol. The lowest BCUT2D eigenvalue weighted by molar-refractivity contribution is -0.130. The first-order valence-electron chi connectivity index (χ1n) is 6.61. The molecule has 0 aromatic rings. The van der Waals surface area contributed by atoms with Gasteiger partial charge in [0.25, 0.3) is 0 Å². The Morgan fingerprint density at radius 2 is 2.12 bits per heavy atom. The number of amides is 1. The first-order valence-corrected chi connectivity index (χ1v) is 6.61. The molecule has 3 nitrogen and oxygen atoms in total. The second-order valence-electron chi connectivity index (χ2n) is 5.99. The maximum absolute atomic E-state index is 12.2. The monoisotopic (exact) mass is 224 g/mol. The largest absolute Gasteiger partial charge is 0.352 e. The first kappa shape index (κ1) is 11.9. The summed E-state index contributed by atoms with van der Waals surface area (Å²) in [5.41, 5.74) is 0.189. The zero-order valence-corrected chi connectivity index (χ0v) is 10.5. The maximum Gasteiger partial charge on any atom is 0.223 e. The molecule has 1 heterocycles. The van der Waals surface area contributed by atoms with E-state index < -0.39 is 0 Å². The average molecular weight is 224 g/mol. The van der Waals surface area contributed by atoms with E-state index in [4.69, 9.17) is 0 Å². The van der Waals surface area contributed by atoms with Crippen molar-refractivity contribution in [2.24, 2.45) is 11.3 Å². The van der Waals surface area contributed by atoms with Gasteiger partial charge in [-0.05, 0) is 31.2 Å². The molecular formula is C13H24N2O. The number of carbonyl (C=O) groups is 1. The van der Waals surface area contributed by atoms with Gasteiger partial charge in [0.1, 0.15) is 0 Å². The average Bonchev–Trinajstić information content (AvgIpc) is 2.69. The van der Waals surface area contributed by atoms with Crippen LogP contribution in [-0.2, 0) is 4.79 Å². The predicted octanol–water partition coefficient (Wildman–Crippen LogP) is 1.68. The van der Waals surface area contributed by atoms with Gasteiger partial charge in [0.15, 0.2) is 0 Å². The summed E-state index contributed by atoms with van der Waals surface area (Å²) >= 11 is 0. The van der Waals surface area contributed by atoms with E-state index in [-0.39, 0.29) is 11.3 Å². The van der Waals surface area contributed by atoms with E-state index in [2.05, 4.69) is 24.5 Å². The minimum Gasteiger partial charge on any atom is -0.352 e. The molecule has 1 saturated heterocycles. The molecule has 0 aromatic heterocycles. The quantitative estimate of drug-likeness (QED) is 0.749. The Morgan fingerprint density at radius 1 is 1.31 bits per heavy atom. The summed E-state index contributed by atoms with van der Waals surface area (Å²) < 4.78 is 0. The van der Waals surface area contributed by atoms with Crippen molar-refractivity contribution in [3.8, 4) is 0 Å². The number of nitrogens with one attached hydrogen (secondary N) is 2. The molecule has 92 valence electrons.